The number of methoxy groups -OCH3 is 1. The summed E-state index contributed by atoms with van der Waals surface area (Å²) in [6, 6.07) is 6.14. The van der Waals surface area contributed by atoms with Crippen LogP contribution in [0.15, 0.2) is 22.7 Å². The average Bonchev–Trinajstić information content (AvgIpc) is 2.46. The predicted molar refractivity (Wildman–Crippen MR) is 87.2 cm³/mol. The van der Waals surface area contributed by atoms with E-state index in [1.165, 1.54) is 31.5 Å². The molecular weight excluding hydrogens is 316 g/mol. The van der Waals surface area contributed by atoms with Crippen molar-refractivity contribution in [1.82, 2.24) is 10.2 Å². The van der Waals surface area contributed by atoms with E-state index >= 15 is 0 Å². The lowest BCUT2D eigenvalue weighted by molar-refractivity contribution is 0.193. The summed E-state index contributed by atoms with van der Waals surface area (Å²) in [5, 5.41) is 3.52. The van der Waals surface area contributed by atoms with Gasteiger partial charge in [0.05, 0.1) is 7.11 Å². The Hall–Kier alpha value is -0.580. The Morgan fingerprint density at radius 2 is 2.10 bits per heavy atom. The van der Waals surface area contributed by atoms with Crippen LogP contribution in [0.3, 0.4) is 0 Å². The fourth-order valence-electron chi connectivity index (χ4n) is 2.63. The summed E-state index contributed by atoms with van der Waals surface area (Å²) >= 11 is 3.51. The third kappa shape index (κ3) is 4.76. The molecule has 0 aromatic heterocycles. The highest BCUT2D eigenvalue weighted by Crippen LogP contribution is 2.22. The van der Waals surface area contributed by atoms with E-state index in [4.69, 9.17) is 4.74 Å². The molecule has 20 heavy (non-hydrogen) atoms. The van der Waals surface area contributed by atoms with Gasteiger partial charge in [0.2, 0.25) is 0 Å². The van der Waals surface area contributed by atoms with Crippen LogP contribution >= 0.6 is 15.9 Å². The molecule has 1 aromatic rings. The molecule has 0 spiro atoms. The van der Waals surface area contributed by atoms with Gasteiger partial charge in [-0.05, 0) is 50.0 Å². The summed E-state index contributed by atoms with van der Waals surface area (Å²) in [7, 11) is 1.72. The number of likely N-dealkylation sites (tertiary alicyclic amines) is 1. The summed E-state index contributed by atoms with van der Waals surface area (Å²) in [4.78, 5) is 2.56. The number of rotatable bonds is 6. The fourth-order valence-corrected chi connectivity index (χ4v) is 3.04. The number of hydrogen-bond acceptors (Lipinski definition) is 3. The molecule has 1 saturated heterocycles. The highest BCUT2D eigenvalue weighted by molar-refractivity contribution is 9.10. The monoisotopic (exact) mass is 340 g/mol. The molecule has 0 amide bonds. The first-order valence-corrected chi connectivity index (χ1v) is 8.24. The second-order valence-corrected chi connectivity index (χ2v) is 6.57. The van der Waals surface area contributed by atoms with Gasteiger partial charge in [-0.3, -0.25) is 0 Å². The average molecular weight is 341 g/mol. The van der Waals surface area contributed by atoms with E-state index in [0.717, 1.165) is 35.8 Å². The maximum Gasteiger partial charge on any atom is 0.123 e. The van der Waals surface area contributed by atoms with Crippen LogP contribution in [-0.2, 0) is 6.54 Å². The van der Waals surface area contributed by atoms with Gasteiger partial charge < -0.3 is 15.0 Å². The van der Waals surface area contributed by atoms with E-state index in [2.05, 4.69) is 39.1 Å². The summed E-state index contributed by atoms with van der Waals surface area (Å²) in [6.07, 6.45) is 2.69. The Kier molecular flexibility index (Phi) is 6.33. The highest BCUT2D eigenvalue weighted by atomic mass is 79.9. The molecule has 0 unspecified atom stereocenters. The van der Waals surface area contributed by atoms with Gasteiger partial charge in [-0.25, -0.2) is 0 Å². The number of hydrogen-bond donors (Lipinski definition) is 1. The lowest BCUT2D eigenvalue weighted by atomic mass is 9.99. The number of benzene rings is 1. The third-order valence-electron chi connectivity index (χ3n) is 4.04. The van der Waals surface area contributed by atoms with Crippen LogP contribution in [0.2, 0.25) is 0 Å². The minimum Gasteiger partial charge on any atom is -0.496 e. The molecule has 1 heterocycles. The van der Waals surface area contributed by atoms with E-state index in [9.17, 15) is 0 Å². The minimum absolute atomic E-state index is 0.854. The van der Waals surface area contributed by atoms with Gasteiger partial charge in [-0.15, -0.1) is 0 Å². The second kappa shape index (κ2) is 8.01. The van der Waals surface area contributed by atoms with Gasteiger partial charge >= 0.3 is 0 Å². The molecule has 4 heteroatoms. The molecular formula is C16H25BrN2O. The summed E-state index contributed by atoms with van der Waals surface area (Å²) in [6.45, 7) is 7.89. The Morgan fingerprint density at radius 3 is 2.80 bits per heavy atom. The van der Waals surface area contributed by atoms with Crippen molar-refractivity contribution in [3.63, 3.8) is 0 Å². The Bertz CT molecular complexity index is 417. The van der Waals surface area contributed by atoms with E-state index in [0.29, 0.717) is 0 Å². The van der Waals surface area contributed by atoms with Gasteiger partial charge in [0.15, 0.2) is 0 Å². The molecule has 1 N–H and O–H groups in total. The standard InChI is InChI=1S/C16H25BrN2O/c1-13-5-8-19(9-6-13)10-7-18-12-14-11-15(17)3-4-16(14)20-2/h3-4,11,13,18H,5-10,12H2,1-2H3. The number of ether oxygens (including phenoxy) is 1. The summed E-state index contributed by atoms with van der Waals surface area (Å²) in [5.41, 5.74) is 1.20. The normalized spacial score (nSPS) is 17.4. The maximum atomic E-state index is 5.39. The van der Waals surface area contributed by atoms with Crippen molar-refractivity contribution in [2.45, 2.75) is 26.3 Å². The predicted octanol–water partition coefficient (Wildman–Crippen LogP) is 3.28. The molecule has 1 aromatic carbocycles. The molecule has 1 aliphatic heterocycles. The van der Waals surface area contributed by atoms with Crippen molar-refractivity contribution < 1.29 is 4.74 Å². The largest absolute Gasteiger partial charge is 0.496 e. The number of halogens is 1. The van der Waals surface area contributed by atoms with Crippen LogP contribution in [0.5, 0.6) is 5.75 Å². The van der Waals surface area contributed by atoms with E-state index in [1.54, 1.807) is 7.11 Å². The number of nitrogens with zero attached hydrogens (tertiary/aromatic N) is 1. The Balaban J connectivity index is 1.72. The van der Waals surface area contributed by atoms with Crippen molar-refractivity contribution in [2.24, 2.45) is 5.92 Å². The number of piperidine rings is 1. The lowest BCUT2D eigenvalue weighted by Gasteiger charge is -2.30. The molecule has 2 rings (SSSR count). The summed E-state index contributed by atoms with van der Waals surface area (Å²) in [5.74, 6) is 1.86. The van der Waals surface area contributed by atoms with Gasteiger partial charge in [0, 0.05) is 29.7 Å². The van der Waals surface area contributed by atoms with E-state index < -0.39 is 0 Å². The molecule has 1 aliphatic rings. The zero-order chi connectivity index (χ0) is 14.4. The van der Waals surface area contributed by atoms with Crippen molar-refractivity contribution in [2.75, 3.05) is 33.3 Å². The lowest BCUT2D eigenvalue weighted by Crippen LogP contribution is -2.37. The third-order valence-corrected chi connectivity index (χ3v) is 4.53. The van der Waals surface area contributed by atoms with Gasteiger partial charge in [0.1, 0.15) is 5.75 Å². The van der Waals surface area contributed by atoms with Crippen molar-refractivity contribution >= 4 is 15.9 Å². The van der Waals surface area contributed by atoms with Gasteiger partial charge in [-0.2, -0.15) is 0 Å². The van der Waals surface area contributed by atoms with Crippen LogP contribution in [0.1, 0.15) is 25.3 Å². The molecule has 0 atom stereocenters. The van der Waals surface area contributed by atoms with Crippen LogP contribution in [-0.4, -0.2) is 38.2 Å². The topological polar surface area (TPSA) is 24.5 Å². The zero-order valence-electron chi connectivity index (χ0n) is 12.5. The quantitative estimate of drug-likeness (QED) is 0.804. The minimum atomic E-state index is 0.854. The highest BCUT2D eigenvalue weighted by Gasteiger charge is 2.14. The Labute approximate surface area is 130 Å². The molecule has 112 valence electrons. The van der Waals surface area contributed by atoms with Crippen molar-refractivity contribution in [1.29, 1.82) is 0 Å². The molecule has 0 radical (unpaired) electrons. The molecule has 0 bridgehead atoms. The molecule has 0 saturated carbocycles. The van der Waals surface area contributed by atoms with E-state index in [-0.39, 0.29) is 0 Å². The summed E-state index contributed by atoms with van der Waals surface area (Å²) < 4.78 is 6.49. The zero-order valence-corrected chi connectivity index (χ0v) is 14.1. The van der Waals surface area contributed by atoms with Crippen LogP contribution in [0.25, 0.3) is 0 Å². The van der Waals surface area contributed by atoms with Crippen molar-refractivity contribution in [3.05, 3.63) is 28.2 Å². The SMILES string of the molecule is COc1ccc(Br)cc1CNCCN1CCC(C)CC1. The molecule has 3 nitrogen and oxygen atoms in total. The van der Waals surface area contributed by atoms with E-state index in [1.807, 2.05) is 12.1 Å². The van der Waals surface area contributed by atoms with Crippen LogP contribution in [0, 0.1) is 5.92 Å². The van der Waals surface area contributed by atoms with Crippen LogP contribution < -0.4 is 10.1 Å². The second-order valence-electron chi connectivity index (χ2n) is 5.66. The molecule has 1 fully saturated rings. The Morgan fingerprint density at radius 1 is 1.35 bits per heavy atom. The number of nitrogens with one attached hydrogen (secondary N) is 1. The first-order valence-electron chi connectivity index (χ1n) is 7.44. The first kappa shape index (κ1) is 15.8. The van der Waals surface area contributed by atoms with Gasteiger partial charge in [-0.1, -0.05) is 22.9 Å². The molecule has 0 aliphatic carbocycles. The van der Waals surface area contributed by atoms with Gasteiger partial charge in [0.25, 0.3) is 0 Å². The smallest absolute Gasteiger partial charge is 0.123 e. The first-order chi connectivity index (χ1) is 9.69. The fraction of sp³-hybridized carbons (Fsp3) is 0.625. The van der Waals surface area contributed by atoms with Crippen molar-refractivity contribution in [3.8, 4) is 5.75 Å². The van der Waals surface area contributed by atoms with Crippen LogP contribution in [0.4, 0.5) is 0 Å². The maximum absolute atomic E-state index is 5.39.